The van der Waals surface area contributed by atoms with Crippen LogP contribution in [0.15, 0.2) is 24.3 Å². The fraction of sp³-hybridized carbons (Fsp3) is 0.538. The molecule has 1 aromatic carbocycles. The maximum absolute atomic E-state index is 9.44. The molecule has 0 aliphatic carbocycles. The van der Waals surface area contributed by atoms with Crippen LogP contribution >= 0.6 is 0 Å². The number of hydrogen-bond donors (Lipinski definition) is 2. The van der Waals surface area contributed by atoms with Gasteiger partial charge in [0.15, 0.2) is 0 Å². The molecule has 3 heteroatoms. The Balaban J connectivity index is 2.57. The van der Waals surface area contributed by atoms with Crippen molar-refractivity contribution in [1.29, 1.82) is 0 Å². The molecule has 0 aliphatic rings. The first-order valence-electron chi connectivity index (χ1n) is 5.87. The van der Waals surface area contributed by atoms with E-state index >= 15 is 0 Å². The molecule has 16 heavy (non-hydrogen) atoms. The van der Waals surface area contributed by atoms with E-state index in [0.29, 0.717) is 6.54 Å². The van der Waals surface area contributed by atoms with Gasteiger partial charge in [0.1, 0.15) is 0 Å². The van der Waals surface area contributed by atoms with Crippen LogP contribution in [0.3, 0.4) is 0 Å². The fourth-order valence-electron chi connectivity index (χ4n) is 1.65. The summed E-state index contributed by atoms with van der Waals surface area (Å²) in [6, 6.07) is 8.45. The Kier molecular flexibility index (Phi) is 5.29. The number of aryl methyl sites for hydroxylation is 1. The second-order valence-electron chi connectivity index (χ2n) is 4.09. The maximum atomic E-state index is 9.44. The standard InChI is InChI=1S/C13H22N2O/c1-3-15(9-8-13(16)10-14)12-6-4-11(2)5-7-12/h4-7,13,16H,3,8-10,14H2,1-2H3. The molecule has 3 N–H and O–H groups in total. The molecule has 0 bridgehead atoms. The minimum absolute atomic E-state index is 0.339. The number of aliphatic hydroxyl groups excluding tert-OH is 1. The summed E-state index contributed by atoms with van der Waals surface area (Å²) in [6.45, 7) is 6.33. The molecule has 1 unspecified atom stereocenters. The summed E-state index contributed by atoms with van der Waals surface area (Å²) >= 11 is 0. The van der Waals surface area contributed by atoms with E-state index in [0.717, 1.165) is 19.5 Å². The van der Waals surface area contributed by atoms with E-state index in [4.69, 9.17) is 5.73 Å². The smallest absolute Gasteiger partial charge is 0.0679 e. The Hall–Kier alpha value is -1.06. The topological polar surface area (TPSA) is 49.5 Å². The summed E-state index contributed by atoms with van der Waals surface area (Å²) < 4.78 is 0. The highest BCUT2D eigenvalue weighted by Gasteiger charge is 2.07. The van der Waals surface area contributed by atoms with Crippen LogP contribution in [0.25, 0.3) is 0 Å². The summed E-state index contributed by atoms with van der Waals surface area (Å²) in [7, 11) is 0. The third-order valence-corrected chi connectivity index (χ3v) is 2.79. The highest BCUT2D eigenvalue weighted by molar-refractivity contribution is 5.47. The third-order valence-electron chi connectivity index (χ3n) is 2.79. The third kappa shape index (κ3) is 3.83. The van der Waals surface area contributed by atoms with Crippen molar-refractivity contribution in [1.82, 2.24) is 0 Å². The second kappa shape index (κ2) is 6.51. The number of nitrogens with zero attached hydrogens (tertiary/aromatic N) is 1. The zero-order valence-corrected chi connectivity index (χ0v) is 10.2. The molecule has 1 aromatic rings. The lowest BCUT2D eigenvalue weighted by atomic mass is 10.2. The predicted octanol–water partition coefficient (Wildman–Crippen LogP) is 1.53. The number of nitrogens with two attached hydrogens (primary N) is 1. The molecule has 1 rings (SSSR count). The Labute approximate surface area is 97.9 Å². The van der Waals surface area contributed by atoms with Gasteiger partial charge in [0, 0.05) is 25.3 Å². The van der Waals surface area contributed by atoms with Gasteiger partial charge < -0.3 is 15.7 Å². The van der Waals surface area contributed by atoms with Crippen molar-refractivity contribution < 1.29 is 5.11 Å². The van der Waals surface area contributed by atoms with Crippen molar-refractivity contribution >= 4 is 5.69 Å². The average molecular weight is 222 g/mol. The van der Waals surface area contributed by atoms with Gasteiger partial charge in [-0.25, -0.2) is 0 Å². The summed E-state index contributed by atoms with van der Waals surface area (Å²) in [5.74, 6) is 0. The molecular weight excluding hydrogens is 200 g/mol. The van der Waals surface area contributed by atoms with Crippen molar-refractivity contribution in [2.45, 2.75) is 26.4 Å². The number of aliphatic hydroxyl groups is 1. The van der Waals surface area contributed by atoms with Gasteiger partial charge in [0.25, 0.3) is 0 Å². The first-order chi connectivity index (χ1) is 7.67. The van der Waals surface area contributed by atoms with Crippen LogP contribution in [0, 0.1) is 6.92 Å². The largest absolute Gasteiger partial charge is 0.392 e. The average Bonchev–Trinajstić information content (AvgIpc) is 2.31. The van der Waals surface area contributed by atoms with Crippen LogP contribution in [0.4, 0.5) is 5.69 Å². The lowest BCUT2D eigenvalue weighted by molar-refractivity contribution is 0.174. The molecule has 0 radical (unpaired) electrons. The normalized spacial score (nSPS) is 12.5. The van der Waals surface area contributed by atoms with Crippen LogP contribution in [-0.4, -0.2) is 30.8 Å². The predicted molar refractivity (Wildman–Crippen MR) is 68.7 cm³/mol. The van der Waals surface area contributed by atoms with Gasteiger partial charge in [-0.15, -0.1) is 0 Å². The van der Waals surface area contributed by atoms with Crippen LogP contribution in [0.2, 0.25) is 0 Å². The number of anilines is 1. The van der Waals surface area contributed by atoms with E-state index in [-0.39, 0.29) is 6.10 Å². The monoisotopic (exact) mass is 222 g/mol. The minimum atomic E-state index is -0.389. The van der Waals surface area contributed by atoms with E-state index in [1.54, 1.807) is 0 Å². The summed E-state index contributed by atoms with van der Waals surface area (Å²) in [5.41, 5.74) is 7.86. The number of rotatable bonds is 6. The van der Waals surface area contributed by atoms with Crippen molar-refractivity contribution in [3.8, 4) is 0 Å². The minimum Gasteiger partial charge on any atom is -0.392 e. The molecule has 90 valence electrons. The van der Waals surface area contributed by atoms with Crippen molar-refractivity contribution in [2.24, 2.45) is 5.73 Å². The van der Waals surface area contributed by atoms with E-state index < -0.39 is 0 Å². The molecule has 0 aliphatic heterocycles. The van der Waals surface area contributed by atoms with Gasteiger partial charge in [-0.2, -0.15) is 0 Å². The van der Waals surface area contributed by atoms with Crippen molar-refractivity contribution in [2.75, 3.05) is 24.5 Å². The molecule has 0 spiro atoms. The van der Waals surface area contributed by atoms with Crippen LogP contribution in [0.1, 0.15) is 18.9 Å². The summed E-state index contributed by atoms with van der Waals surface area (Å²) in [4.78, 5) is 2.25. The van der Waals surface area contributed by atoms with Gasteiger partial charge in [-0.3, -0.25) is 0 Å². The Morgan fingerprint density at radius 2 is 1.94 bits per heavy atom. The molecule has 0 heterocycles. The highest BCUT2D eigenvalue weighted by Crippen LogP contribution is 2.15. The van der Waals surface area contributed by atoms with Crippen LogP contribution in [0.5, 0.6) is 0 Å². The van der Waals surface area contributed by atoms with Crippen molar-refractivity contribution in [3.63, 3.8) is 0 Å². The van der Waals surface area contributed by atoms with Crippen molar-refractivity contribution in [3.05, 3.63) is 29.8 Å². The molecule has 0 amide bonds. The SMILES string of the molecule is CCN(CCC(O)CN)c1ccc(C)cc1. The Morgan fingerprint density at radius 1 is 1.31 bits per heavy atom. The lowest BCUT2D eigenvalue weighted by Crippen LogP contribution is -2.29. The maximum Gasteiger partial charge on any atom is 0.0679 e. The number of benzene rings is 1. The molecular formula is C13H22N2O. The second-order valence-corrected chi connectivity index (χ2v) is 4.09. The van der Waals surface area contributed by atoms with Gasteiger partial charge in [-0.05, 0) is 32.4 Å². The summed E-state index contributed by atoms with van der Waals surface area (Å²) in [5, 5.41) is 9.44. The van der Waals surface area contributed by atoms with Crippen LogP contribution in [-0.2, 0) is 0 Å². The van der Waals surface area contributed by atoms with Gasteiger partial charge in [0.05, 0.1) is 6.10 Å². The molecule has 1 atom stereocenters. The van der Waals surface area contributed by atoms with E-state index in [1.165, 1.54) is 11.3 Å². The highest BCUT2D eigenvalue weighted by atomic mass is 16.3. The molecule has 0 saturated carbocycles. The van der Waals surface area contributed by atoms with E-state index in [9.17, 15) is 5.11 Å². The molecule has 0 aromatic heterocycles. The molecule has 0 fully saturated rings. The summed E-state index contributed by atoms with van der Waals surface area (Å²) in [6.07, 6.45) is 0.331. The Bertz CT molecular complexity index is 297. The Morgan fingerprint density at radius 3 is 2.44 bits per heavy atom. The van der Waals surface area contributed by atoms with E-state index in [1.807, 2.05) is 0 Å². The van der Waals surface area contributed by atoms with Gasteiger partial charge in [0.2, 0.25) is 0 Å². The first-order valence-corrected chi connectivity index (χ1v) is 5.87. The zero-order valence-electron chi connectivity index (χ0n) is 10.2. The molecule has 0 saturated heterocycles. The quantitative estimate of drug-likeness (QED) is 0.767. The van der Waals surface area contributed by atoms with Gasteiger partial charge in [-0.1, -0.05) is 17.7 Å². The zero-order chi connectivity index (χ0) is 12.0. The van der Waals surface area contributed by atoms with Gasteiger partial charge >= 0.3 is 0 Å². The fourth-order valence-corrected chi connectivity index (χ4v) is 1.65. The molecule has 3 nitrogen and oxygen atoms in total. The van der Waals surface area contributed by atoms with E-state index in [2.05, 4.69) is 43.0 Å². The first kappa shape index (κ1) is 13.0. The lowest BCUT2D eigenvalue weighted by Gasteiger charge is -2.24. The van der Waals surface area contributed by atoms with Crippen LogP contribution < -0.4 is 10.6 Å². The number of hydrogen-bond acceptors (Lipinski definition) is 3.